The second-order valence-electron chi connectivity index (χ2n) is 3.17. The number of aliphatic hydroxyl groups excluding tert-OH is 1. The molecule has 1 aromatic rings. The van der Waals surface area contributed by atoms with E-state index < -0.39 is 0 Å². The van der Waals surface area contributed by atoms with E-state index in [2.05, 4.69) is 37.3 Å². The van der Waals surface area contributed by atoms with Gasteiger partial charge >= 0.3 is 0 Å². The van der Waals surface area contributed by atoms with Gasteiger partial charge in [-0.15, -0.1) is 0 Å². The summed E-state index contributed by atoms with van der Waals surface area (Å²) in [7, 11) is 0. The Bertz CT molecular complexity index is 259. The topological polar surface area (TPSA) is 20.2 Å². The van der Waals surface area contributed by atoms with Gasteiger partial charge in [-0.3, -0.25) is 0 Å². The molecule has 0 aromatic heterocycles. The van der Waals surface area contributed by atoms with E-state index in [0.29, 0.717) is 0 Å². The summed E-state index contributed by atoms with van der Waals surface area (Å²) in [5, 5.41) is 8.55. The van der Waals surface area contributed by atoms with Gasteiger partial charge in [0.15, 0.2) is 0 Å². The van der Waals surface area contributed by atoms with Gasteiger partial charge in [0, 0.05) is 6.61 Å². The first-order chi connectivity index (χ1) is 6.33. The van der Waals surface area contributed by atoms with Gasteiger partial charge < -0.3 is 5.11 Å². The number of rotatable bonds is 4. The van der Waals surface area contributed by atoms with Gasteiger partial charge in [0.1, 0.15) is 0 Å². The van der Waals surface area contributed by atoms with Crippen molar-refractivity contribution in [2.75, 3.05) is 6.61 Å². The van der Waals surface area contributed by atoms with E-state index >= 15 is 0 Å². The molecular weight excluding hydrogens is 160 g/mol. The molecule has 0 saturated heterocycles. The average Bonchev–Trinajstić information content (AvgIpc) is 2.15. The van der Waals surface area contributed by atoms with Gasteiger partial charge in [-0.25, -0.2) is 0 Å². The van der Waals surface area contributed by atoms with E-state index in [4.69, 9.17) is 5.11 Å². The Morgan fingerprint density at radius 2 is 1.85 bits per heavy atom. The van der Waals surface area contributed by atoms with Crippen molar-refractivity contribution in [3.63, 3.8) is 0 Å². The molecule has 0 saturated carbocycles. The zero-order valence-electron chi connectivity index (χ0n) is 8.03. The van der Waals surface area contributed by atoms with Crippen LogP contribution in [0.2, 0.25) is 0 Å². The fourth-order valence-corrected chi connectivity index (χ4v) is 1.14. The Morgan fingerprint density at radius 3 is 2.46 bits per heavy atom. The number of allylic oxidation sites excluding steroid dienone is 1. The summed E-state index contributed by atoms with van der Waals surface area (Å²) in [4.78, 5) is 0. The number of benzene rings is 1. The van der Waals surface area contributed by atoms with Gasteiger partial charge in [0.25, 0.3) is 0 Å². The highest BCUT2D eigenvalue weighted by molar-refractivity contribution is 5.22. The number of aliphatic hydroxyl groups is 1. The molecule has 1 N–H and O–H groups in total. The molecular formula is C12H16O. The van der Waals surface area contributed by atoms with Crippen LogP contribution in [0.1, 0.15) is 17.5 Å². The summed E-state index contributed by atoms with van der Waals surface area (Å²) in [6, 6.07) is 8.52. The largest absolute Gasteiger partial charge is 0.396 e. The van der Waals surface area contributed by atoms with Crippen LogP contribution in [0.15, 0.2) is 36.4 Å². The molecule has 0 aliphatic rings. The lowest BCUT2D eigenvalue weighted by atomic mass is 10.1. The first-order valence-electron chi connectivity index (χ1n) is 4.64. The molecule has 0 aliphatic heterocycles. The van der Waals surface area contributed by atoms with E-state index in [1.807, 2.05) is 6.08 Å². The Hall–Kier alpha value is -1.08. The maximum absolute atomic E-state index is 8.55. The summed E-state index contributed by atoms with van der Waals surface area (Å²) >= 11 is 0. The Balaban J connectivity index is 2.41. The third-order valence-corrected chi connectivity index (χ3v) is 1.94. The maximum atomic E-state index is 8.55. The lowest BCUT2D eigenvalue weighted by Gasteiger charge is -1.96. The third kappa shape index (κ3) is 3.90. The van der Waals surface area contributed by atoms with Gasteiger partial charge in [-0.05, 0) is 25.3 Å². The van der Waals surface area contributed by atoms with Crippen LogP contribution in [0.25, 0.3) is 0 Å². The zero-order chi connectivity index (χ0) is 9.52. The summed E-state index contributed by atoms with van der Waals surface area (Å²) < 4.78 is 0. The first kappa shape index (κ1) is 10.0. The van der Waals surface area contributed by atoms with Gasteiger partial charge in [0.2, 0.25) is 0 Å². The second-order valence-corrected chi connectivity index (χ2v) is 3.17. The highest BCUT2D eigenvalue weighted by Gasteiger charge is 1.87. The van der Waals surface area contributed by atoms with Gasteiger partial charge in [-0.2, -0.15) is 0 Å². The van der Waals surface area contributed by atoms with Crippen LogP contribution in [0.4, 0.5) is 0 Å². The molecule has 1 nitrogen and oxygen atoms in total. The summed E-state index contributed by atoms with van der Waals surface area (Å²) in [6.07, 6.45) is 5.83. The molecule has 70 valence electrons. The van der Waals surface area contributed by atoms with Crippen LogP contribution in [0.3, 0.4) is 0 Å². The van der Waals surface area contributed by atoms with Crippen molar-refractivity contribution >= 4 is 0 Å². The molecule has 13 heavy (non-hydrogen) atoms. The molecule has 0 amide bonds. The second kappa shape index (κ2) is 5.55. The predicted octanol–water partition coefficient (Wildman–Crippen LogP) is 2.48. The minimum absolute atomic E-state index is 0.240. The number of hydrogen-bond acceptors (Lipinski definition) is 1. The van der Waals surface area contributed by atoms with Crippen LogP contribution < -0.4 is 0 Å². The lowest BCUT2D eigenvalue weighted by Crippen LogP contribution is -1.81. The minimum atomic E-state index is 0.240. The Labute approximate surface area is 79.7 Å². The fraction of sp³-hybridized carbons (Fsp3) is 0.333. The summed E-state index contributed by atoms with van der Waals surface area (Å²) in [5.41, 5.74) is 2.61. The van der Waals surface area contributed by atoms with Crippen molar-refractivity contribution in [2.45, 2.75) is 19.8 Å². The molecule has 0 radical (unpaired) electrons. The molecule has 0 unspecified atom stereocenters. The highest BCUT2D eigenvalue weighted by Crippen LogP contribution is 2.04. The van der Waals surface area contributed by atoms with Crippen molar-refractivity contribution in [3.05, 3.63) is 47.5 Å². The quantitative estimate of drug-likeness (QED) is 0.699. The molecule has 1 rings (SSSR count). The first-order valence-corrected chi connectivity index (χ1v) is 4.64. The molecule has 1 heteroatoms. The van der Waals surface area contributed by atoms with Crippen molar-refractivity contribution in [1.82, 2.24) is 0 Å². The smallest absolute Gasteiger partial charge is 0.0465 e. The average molecular weight is 176 g/mol. The predicted molar refractivity (Wildman–Crippen MR) is 55.7 cm³/mol. The van der Waals surface area contributed by atoms with E-state index in [1.54, 1.807) is 0 Å². The van der Waals surface area contributed by atoms with E-state index in [0.717, 1.165) is 12.8 Å². The van der Waals surface area contributed by atoms with Crippen LogP contribution in [0.5, 0.6) is 0 Å². The van der Waals surface area contributed by atoms with Crippen molar-refractivity contribution in [3.8, 4) is 0 Å². The van der Waals surface area contributed by atoms with Crippen molar-refractivity contribution < 1.29 is 5.11 Å². The van der Waals surface area contributed by atoms with E-state index in [1.165, 1.54) is 11.1 Å². The normalized spacial score (nSPS) is 10.9. The Morgan fingerprint density at radius 1 is 1.15 bits per heavy atom. The van der Waals surface area contributed by atoms with Crippen LogP contribution in [-0.4, -0.2) is 11.7 Å². The van der Waals surface area contributed by atoms with Crippen LogP contribution >= 0.6 is 0 Å². The van der Waals surface area contributed by atoms with Crippen molar-refractivity contribution in [1.29, 1.82) is 0 Å². The Kier molecular flexibility index (Phi) is 4.27. The van der Waals surface area contributed by atoms with Gasteiger partial charge in [0.05, 0.1) is 0 Å². The standard InChI is InChI=1S/C12H16O/c1-11-6-8-12(9-7-11)5-3-2-4-10-13/h2-3,6-9,13H,4-5,10H2,1H3/b3-2-. The maximum Gasteiger partial charge on any atom is 0.0465 e. The molecule has 0 fully saturated rings. The number of aryl methyl sites for hydroxylation is 1. The van der Waals surface area contributed by atoms with E-state index in [-0.39, 0.29) is 6.61 Å². The summed E-state index contributed by atoms with van der Waals surface area (Å²) in [5.74, 6) is 0. The van der Waals surface area contributed by atoms with Crippen molar-refractivity contribution in [2.24, 2.45) is 0 Å². The lowest BCUT2D eigenvalue weighted by molar-refractivity contribution is 0.302. The van der Waals surface area contributed by atoms with E-state index in [9.17, 15) is 0 Å². The molecule has 0 heterocycles. The third-order valence-electron chi connectivity index (χ3n) is 1.94. The highest BCUT2D eigenvalue weighted by atomic mass is 16.2. The molecule has 0 spiro atoms. The molecule has 0 aliphatic carbocycles. The molecule has 0 bridgehead atoms. The minimum Gasteiger partial charge on any atom is -0.396 e. The summed E-state index contributed by atoms with van der Waals surface area (Å²) in [6.45, 7) is 2.33. The van der Waals surface area contributed by atoms with Crippen LogP contribution in [-0.2, 0) is 6.42 Å². The number of hydrogen-bond donors (Lipinski definition) is 1. The molecule has 0 atom stereocenters. The molecule has 1 aromatic carbocycles. The zero-order valence-corrected chi connectivity index (χ0v) is 8.03. The SMILES string of the molecule is Cc1ccc(C/C=C\CCO)cc1. The van der Waals surface area contributed by atoms with Crippen LogP contribution in [0, 0.1) is 6.92 Å². The monoisotopic (exact) mass is 176 g/mol. The fourth-order valence-electron chi connectivity index (χ4n) is 1.14. The van der Waals surface area contributed by atoms with Gasteiger partial charge in [-0.1, -0.05) is 42.0 Å².